The second kappa shape index (κ2) is 9.23. The van der Waals surface area contributed by atoms with Gasteiger partial charge in [0.15, 0.2) is 0 Å². The number of carbonyl (C=O) groups is 1. The Bertz CT molecular complexity index is 540. The van der Waals surface area contributed by atoms with Crippen molar-refractivity contribution in [3.05, 3.63) is 41.5 Å². The summed E-state index contributed by atoms with van der Waals surface area (Å²) < 4.78 is 5.50. The molecule has 2 N–H and O–H groups in total. The van der Waals surface area contributed by atoms with Gasteiger partial charge in [-0.2, -0.15) is 0 Å². The Labute approximate surface area is 139 Å². The Kier molecular flexibility index (Phi) is 6.98. The van der Waals surface area contributed by atoms with Crippen molar-refractivity contribution in [1.29, 1.82) is 0 Å². The molecule has 0 bridgehead atoms. The normalized spacial score (nSPS) is 15.5. The van der Waals surface area contributed by atoms with E-state index in [4.69, 9.17) is 4.74 Å². The molecule has 1 aromatic rings. The maximum absolute atomic E-state index is 12.0. The molecule has 0 aromatic heterocycles. The van der Waals surface area contributed by atoms with Crippen LogP contribution < -0.4 is 15.4 Å². The van der Waals surface area contributed by atoms with Gasteiger partial charge in [-0.05, 0) is 63.6 Å². The fraction of sp³-hybridized carbons (Fsp3) is 0.526. The van der Waals surface area contributed by atoms with Crippen LogP contribution >= 0.6 is 0 Å². The van der Waals surface area contributed by atoms with Crippen LogP contribution in [-0.2, 0) is 0 Å². The summed E-state index contributed by atoms with van der Waals surface area (Å²) in [7, 11) is 0. The lowest BCUT2D eigenvalue weighted by Gasteiger charge is -2.17. The monoisotopic (exact) mass is 316 g/mol. The predicted molar refractivity (Wildman–Crippen MR) is 93.7 cm³/mol. The lowest BCUT2D eigenvalue weighted by atomic mass is 9.97. The van der Waals surface area contributed by atoms with Crippen LogP contribution in [0.2, 0.25) is 0 Å². The molecule has 0 spiro atoms. The molecule has 0 saturated carbocycles. The first-order chi connectivity index (χ1) is 11.2. The van der Waals surface area contributed by atoms with Crippen molar-refractivity contribution in [2.24, 2.45) is 0 Å². The molecule has 2 rings (SSSR count). The number of benzene rings is 1. The summed E-state index contributed by atoms with van der Waals surface area (Å²) >= 11 is 0. The zero-order valence-electron chi connectivity index (χ0n) is 14.2. The topological polar surface area (TPSA) is 50.4 Å². The predicted octanol–water partition coefficient (Wildman–Crippen LogP) is 4.34. The van der Waals surface area contributed by atoms with E-state index < -0.39 is 0 Å². The van der Waals surface area contributed by atoms with E-state index in [2.05, 4.69) is 16.7 Å². The highest BCUT2D eigenvalue weighted by molar-refractivity contribution is 5.74. The number of nitrogens with one attached hydrogen (secondary N) is 2. The van der Waals surface area contributed by atoms with Crippen molar-refractivity contribution < 1.29 is 9.53 Å². The number of allylic oxidation sites excluding steroid dienone is 1. The van der Waals surface area contributed by atoms with Crippen molar-refractivity contribution in [2.45, 2.75) is 52.0 Å². The van der Waals surface area contributed by atoms with Crippen LogP contribution in [0.3, 0.4) is 0 Å². The minimum Gasteiger partial charge on any atom is -0.494 e. The molecule has 1 unspecified atom stereocenters. The Morgan fingerprint density at radius 3 is 2.96 bits per heavy atom. The summed E-state index contributed by atoms with van der Waals surface area (Å²) in [5, 5.41) is 5.93. The minimum atomic E-state index is -0.115. The minimum absolute atomic E-state index is 0.0516. The standard InChI is InChI=1S/C19H28N2O2/c1-3-23-18-11-7-10-17(14-18)15(2)21-19(22)20-13-12-16-8-5-4-6-9-16/h7-8,10-11,14-15H,3-6,9,12-13H2,1-2H3,(H2,20,21,22). The molecule has 0 saturated heterocycles. The lowest BCUT2D eigenvalue weighted by molar-refractivity contribution is 0.238. The van der Waals surface area contributed by atoms with Gasteiger partial charge in [-0.3, -0.25) is 0 Å². The third-order valence-corrected chi connectivity index (χ3v) is 4.13. The number of amides is 2. The van der Waals surface area contributed by atoms with Crippen LogP contribution in [-0.4, -0.2) is 19.2 Å². The molecule has 1 aliphatic carbocycles. The number of hydrogen-bond donors (Lipinski definition) is 2. The molecule has 1 aliphatic rings. The van der Waals surface area contributed by atoms with Gasteiger partial charge in [0.05, 0.1) is 12.6 Å². The molecule has 4 nitrogen and oxygen atoms in total. The highest BCUT2D eigenvalue weighted by atomic mass is 16.5. The summed E-state index contributed by atoms with van der Waals surface area (Å²) in [5.74, 6) is 0.836. The summed E-state index contributed by atoms with van der Waals surface area (Å²) in [4.78, 5) is 12.0. The van der Waals surface area contributed by atoms with Crippen molar-refractivity contribution in [3.8, 4) is 5.75 Å². The maximum atomic E-state index is 12.0. The van der Waals surface area contributed by atoms with Gasteiger partial charge >= 0.3 is 6.03 Å². The summed E-state index contributed by atoms with van der Waals surface area (Å²) in [6.45, 7) is 5.28. The fourth-order valence-corrected chi connectivity index (χ4v) is 2.84. The maximum Gasteiger partial charge on any atom is 0.315 e. The summed E-state index contributed by atoms with van der Waals surface area (Å²) in [6.07, 6.45) is 8.24. The van der Waals surface area contributed by atoms with Gasteiger partial charge in [0, 0.05) is 6.54 Å². The molecule has 0 heterocycles. The van der Waals surface area contributed by atoms with Crippen molar-refractivity contribution >= 4 is 6.03 Å². The molecule has 126 valence electrons. The van der Waals surface area contributed by atoms with E-state index in [9.17, 15) is 4.79 Å². The molecular formula is C19H28N2O2. The van der Waals surface area contributed by atoms with Crippen LogP contribution in [0.1, 0.15) is 57.6 Å². The zero-order chi connectivity index (χ0) is 16.5. The van der Waals surface area contributed by atoms with E-state index in [1.807, 2.05) is 38.1 Å². The number of ether oxygens (including phenoxy) is 1. The number of hydrogen-bond acceptors (Lipinski definition) is 2. The average molecular weight is 316 g/mol. The third-order valence-electron chi connectivity index (χ3n) is 4.13. The third kappa shape index (κ3) is 5.97. The largest absolute Gasteiger partial charge is 0.494 e. The Balaban J connectivity index is 1.75. The van der Waals surface area contributed by atoms with E-state index in [1.54, 1.807) is 0 Å². The van der Waals surface area contributed by atoms with Crippen LogP contribution in [0, 0.1) is 0 Å². The van der Waals surface area contributed by atoms with E-state index in [0.29, 0.717) is 13.2 Å². The van der Waals surface area contributed by atoms with E-state index in [-0.39, 0.29) is 12.1 Å². The second-order valence-corrected chi connectivity index (χ2v) is 5.99. The molecule has 0 aliphatic heterocycles. The van der Waals surface area contributed by atoms with Gasteiger partial charge < -0.3 is 15.4 Å². The van der Waals surface area contributed by atoms with Crippen molar-refractivity contribution in [2.75, 3.05) is 13.2 Å². The van der Waals surface area contributed by atoms with Crippen LogP contribution in [0.15, 0.2) is 35.9 Å². The zero-order valence-corrected chi connectivity index (χ0v) is 14.2. The molecule has 4 heteroatoms. The van der Waals surface area contributed by atoms with Gasteiger partial charge in [-0.1, -0.05) is 23.8 Å². The van der Waals surface area contributed by atoms with Gasteiger partial charge in [-0.25, -0.2) is 4.79 Å². The van der Waals surface area contributed by atoms with Crippen molar-refractivity contribution in [3.63, 3.8) is 0 Å². The lowest BCUT2D eigenvalue weighted by Crippen LogP contribution is -2.37. The summed E-state index contributed by atoms with van der Waals surface area (Å²) in [6, 6.07) is 7.69. The van der Waals surface area contributed by atoms with E-state index >= 15 is 0 Å². The molecule has 2 amide bonds. The first kappa shape index (κ1) is 17.4. The fourth-order valence-electron chi connectivity index (χ4n) is 2.84. The smallest absolute Gasteiger partial charge is 0.315 e. The van der Waals surface area contributed by atoms with E-state index in [0.717, 1.165) is 17.7 Å². The Morgan fingerprint density at radius 2 is 2.22 bits per heavy atom. The first-order valence-electron chi connectivity index (χ1n) is 8.64. The average Bonchev–Trinajstić information content (AvgIpc) is 2.56. The molecule has 1 atom stereocenters. The van der Waals surface area contributed by atoms with Crippen LogP contribution in [0.5, 0.6) is 5.75 Å². The van der Waals surface area contributed by atoms with Crippen LogP contribution in [0.4, 0.5) is 4.79 Å². The number of urea groups is 1. The highest BCUT2D eigenvalue weighted by Crippen LogP contribution is 2.20. The molecule has 0 radical (unpaired) electrons. The van der Waals surface area contributed by atoms with Crippen LogP contribution in [0.25, 0.3) is 0 Å². The van der Waals surface area contributed by atoms with Gasteiger partial charge in [0.25, 0.3) is 0 Å². The molecule has 0 fully saturated rings. The molecular weight excluding hydrogens is 288 g/mol. The van der Waals surface area contributed by atoms with Gasteiger partial charge in [0.2, 0.25) is 0 Å². The first-order valence-corrected chi connectivity index (χ1v) is 8.64. The number of carbonyl (C=O) groups excluding carboxylic acids is 1. The second-order valence-electron chi connectivity index (χ2n) is 5.99. The van der Waals surface area contributed by atoms with Crippen molar-refractivity contribution in [1.82, 2.24) is 10.6 Å². The number of rotatable bonds is 7. The summed E-state index contributed by atoms with van der Waals surface area (Å²) in [5.41, 5.74) is 2.52. The molecule has 1 aromatic carbocycles. The van der Waals surface area contributed by atoms with Gasteiger partial charge in [-0.15, -0.1) is 0 Å². The highest BCUT2D eigenvalue weighted by Gasteiger charge is 2.10. The SMILES string of the molecule is CCOc1cccc(C(C)NC(=O)NCCC2=CCCCC2)c1. The Hall–Kier alpha value is -1.97. The quantitative estimate of drug-likeness (QED) is 0.735. The van der Waals surface area contributed by atoms with Gasteiger partial charge in [0.1, 0.15) is 5.75 Å². The molecule has 23 heavy (non-hydrogen) atoms. The Morgan fingerprint density at radius 1 is 1.35 bits per heavy atom. The van der Waals surface area contributed by atoms with E-state index in [1.165, 1.54) is 31.3 Å².